The van der Waals surface area contributed by atoms with Crippen LogP contribution in [0.25, 0.3) is 0 Å². The number of piperidine rings is 1. The average Bonchev–Trinajstić information content (AvgIpc) is 3.08. The molecular weight excluding hydrogens is 565 g/mol. The number of amides is 2. The highest BCUT2D eigenvalue weighted by atomic mass is 35.5. The monoisotopic (exact) mass is 599 g/mol. The normalized spacial score (nSPS) is 19.2. The maximum atomic E-state index is 14.2. The third-order valence-electron chi connectivity index (χ3n) is 8.11. The van der Waals surface area contributed by atoms with Crippen LogP contribution in [-0.2, 0) is 6.42 Å². The van der Waals surface area contributed by atoms with Gasteiger partial charge in [0.1, 0.15) is 0 Å². The molecular formula is C32H36Cl3N3O2. The van der Waals surface area contributed by atoms with Crippen molar-refractivity contribution in [1.82, 2.24) is 4.90 Å². The zero-order valence-corrected chi connectivity index (χ0v) is 25.1. The number of nitrogens with one attached hydrogen (secondary N) is 1. The number of halogens is 3. The number of likely N-dealkylation sites (tertiary alicyclic amines) is 1. The molecule has 5 rings (SSSR count). The van der Waals surface area contributed by atoms with Crippen LogP contribution in [0.4, 0.5) is 11.4 Å². The second kappa shape index (κ2) is 13.4. The molecule has 1 fully saturated rings. The molecule has 5 nitrogen and oxygen atoms in total. The Hall–Kier alpha value is -2.57. The molecule has 3 aromatic carbocycles. The lowest BCUT2D eigenvalue weighted by molar-refractivity contribution is 0.0945. The van der Waals surface area contributed by atoms with Crippen molar-refractivity contribution in [2.45, 2.75) is 57.4 Å². The quantitative estimate of drug-likeness (QED) is 0.310. The number of fused-ring (bicyclic) bond motifs is 1. The molecule has 2 amide bonds. The molecule has 1 saturated heterocycles. The third-order valence-corrected chi connectivity index (χ3v) is 8.68. The van der Waals surface area contributed by atoms with Gasteiger partial charge in [0.25, 0.3) is 11.8 Å². The van der Waals surface area contributed by atoms with Crippen LogP contribution in [0.1, 0.15) is 71.7 Å². The van der Waals surface area contributed by atoms with E-state index in [-0.39, 0.29) is 29.8 Å². The van der Waals surface area contributed by atoms with Gasteiger partial charge in [-0.15, -0.1) is 12.4 Å². The molecule has 0 spiro atoms. The molecule has 1 atom stereocenters. The van der Waals surface area contributed by atoms with Gasteiger partial charge in [0.15, 0.2) is 0 Å². The predicted molar refractivity (Wildman–Crippen MR) is 168 cm³/mol. The van der Waals surface area contributed by atoms with Crippen molar-refractivity contribution in [3.63, 3.8) is 0 Å². The van der Waals surface area contributed by atoms with Gasteiger partial charge in [-0.1, -0.05) is 41.8 Å². The first kappa shape index (κ1) is 30.4. The molecule has 1 unspecified atom stereocenters. The number of aryl methyl sites for hydroxylation is 1. The summed E-state index contributed by atoms with van der Waals surface area (Å²) in [7, 11) is 0. The summed E-state index contributed by atoms with van der Waals surface area (Å²) in [4.78, 5) is 31.5. The van der Waals surface area contributed by atoms with E-state index in [2.05, 4.69) is 17.1 Å². The van der Waals surface area contributed by atoms with Gasteiger partial charge in [0.05, 0.1) is 10.6 Å². The first-order chi connectivity index (χ1) is 18.8. The van der Waals surface area contributed by atoms with E-state index >= 15 is 0 Å². The molecule has 2 aliphatic rings. The molecule has 0 bridgehead atoms. The van der Waals surface area contributed by atoms with E-state index in [9.17, 15) is 9.59 Å². The molecule has 212 valence electrons. The fourth-order valence-electron chi connectivity index (χ4n) is 5.88. The van der Waals surface area contributed by atoms with Crippen molar-refractivity contribution in [2.24, 2.45) is 0 Å². The van der Waals surface area contributed by atoms with Crippen molar-refractivity contribution < 1.29 is 9.59 Å². The highest BCUT2D eigenvalue weighted by molar-refractivity contribution is 6.34. The van der Waals surface area contributed by atoms with Gasteiger partial charge in [-0.3, -0.25) is 9.59 Å². The van der Waals surface area contributed by atoms with Gasteiger partial charge in [-0.25, -0.2) is 0 Å². The van der Waals surface area contributed by atoms with Gasteiger partial charge in [-0.2, -0.15) is 0 Å². The third kappa shape index (κ3) is 6.83. The Labute approximate surface area is 253 Å². The number of anilines is 2. The zero-order chi connectivity index (χ0) is 27.4. The molecule has 8 heteroatoms. The lowest BCUT2D eigenvalue weighted by atomic mass is 9.88. The summed E-state index contributed by atoms with van der Waals surface area (Å²) in [6.07, 6.45) is 7.53. The smallest absolute Gasteiger partial charge is 0.258 e. The number of hydrogen-bond donors (Lipinski definition) is 1. The van der Waals surface area contributed by atoms with Gasteiger partial charge in [0, 0.05) is 34.0 Å². The second-order valence-electron chi connectivity index (χ2n) is 10.9. The number of carbonyl (C=O) groups is 2. The van der Waals surface area contributed by atoms with Crippen molar-refractivity contribution in [1.29, 1.82) is 0 Å². The fourth-order valence-corrected chi connectivity index (χ4v) is 6.29. The minimum atomic E-state index is -0.329. The van der Waals surface area contributed by atoms with Crippen LogP contribution in [-0.4, -0.2) is 41.9 Å². The van der Waals surface area contributed by atoms with Crippen molar-refractivity contribution >= 4 is 58.8 Å². The van der Waals surface area contributed by atoms with E-state index in [1.807, 2.05) is 23.1 Å². The number of hydrogen-bond acceptors (Lipinski definition) is 3. The lowest BCUT2D eigenvalue weighted by Crippen LogP contribution is -2.52. The molecule has 1 N–H and O–H groups in total. The van der Waals surface area contributed by atoms with E-state index in [1.165, 1.54) is 19.3 Å². The molecule has 0 aliphatic carbocycles. The summed E-state index contributed by atoms with van der Waals surface area (Å²) in [6, 6.07) is 19.9. The van der Waals surface area contributed by atoms with Crippen molar-refractivity contribution in [3.05, 3.63) is 93.5 Å². The average molecular weight is 601 g/mol. The number of nitrogens with zero attached hydrogens (tertiary/aromatic N) is 2. The van der Waals surface area contributed by atoms with Crippen LogP contribution in [0, 0.1) is 0 Å². The van der Waals surface area contributed by atoms with Crippen LogP contribution in [0.5, 0.6) is 0 Å². The SMILES string of the molecule is CC1(CCN2CCCCC2)CCCc2cc(Cl)ccc2N1C(=O)c1ccc(NC(=O)c2ccccc2Cl)cc1.Cl. The highest BCUT2D eigenvalue weighted by Gasteiger charge is 2.39. The summed E-state index contributed by atoms with van der Waals surface area (Å²) in [5.41, 5.74) is 3.32. The van der Waals surface area contributed by atoms with Crippen LogP contribution < -0.4 is 10.2 Å². The fraction of sp³-hybridized carbons (Fsp3) is 0.375. The minimum Gasteiger partial charge on any atom is -0.322 e. The maximum Gasteiger partial charge on any atom is 0.258 e. The molecule has 3 aromatic rings. The van der Waals surface area contributed by atoms with E-state index in [1.54, 1.807) is 48.5 Å². The molecule has 0 aromatic heterocycles. The Morgan fingerprint density at radius 1 is 0.925 bits per heavy atom. The summed E-state index contributed by atoms with van der Waals surface area (Å²) in [6.45, 7) is 5.49. The van der Waals surface area contributed by atoms with Gasteiger partial charge < -0.3 is 15.1 Å². The second-order valence-corrected chi connectivity index (χ2v) is 11.8. The topological polar surface area (TPSA) is 52.6 Å². The van der Waals surface area contributed by atoms with Crippen LogP contribution in [0.3, 0.4) is 0 Å². The number of rotatable bonds is 6. The molecule has 0 saturated carbocycles. The standard InChI is InChI=1S/C32H35Cl2N3O2.ClH/c1-32(18-21-36-19-5-2-6-20-36)17-7-8-24-22-25(33)13-16-29(24)37(32)31(39)23-11-14-26(15-12-23)35-30(38)27-9-3-4-10-28(27)34;/h3-4,9-16,22H,2,5-8,17-21H2,1H3,(H,35,38);1H. The Kier molecular flexibility index (Phi) is 10.2. The lowest BCUT2D eigenvalue weighted by Gasteiger charge is -2.42. The van der Waals surface area contributed by atoms with Gasteiger partial charge in [-0.05, 0) is 119 Å². The summed E-state index contributed by atoms with van der Waals surface area (Å²) in [5, 5.41) is 3.97. The maximum absolute atomic E-state index is 14.2. The Morgan fingerprint density at radius 2 is 1.65 bits per heavy atom. The zero-order valence-electron chi connectivity index (χ0n) is 22.8. The summed E-state index contributed by atoms with van der Waals surface area (Å²) >= 11 is 12.6. The summed E-state index contributed by atoms with van der Waals surface area (Å²) in [5.74, 6) is -0.325. The molecule has 40 heavy (non-hydrogen) atoms. The largest absolute Gasteiger partial charge is 0.322 e. The predicted octanol–water partition coefficient (Wildman–Crippen LogP) is 8.29. The van der Waals surface area contributed by atoms with E-state index in [0.29, 0.717) is 26.9 Å². The number of benzene rings is 3. The van der Waals surface area contributed by atoms with Crippen LogP contribution in [0.15, 0.2) is 66.7 Å². The van der Waals surface area contributed by atoms with Crippen molar-refractivity contribution in [3.8, 4) is 0 Å². The first-order valence-corrected chi connectivity index (χ1v) is 14.6. The minimum absolute atomic E-state index is 0. The van der Waals surface area contributed by atoms with Gasteiger partial charge >= 0.3 is 0 Å². The van der Waals surface area contributed by atoms with Crippen LogP contribution in [0.2, 0.25) is 10.0 Å². The van der Waals surface area contributed by atoms with E-state index in [0.717, 1.165) is 56.6 Å². The molecule has 2 aliphatic heterocycles. The van der Waals surface area contributed by atoms with E-state index < -0.39 is 0 Å². The Bertz CT molecular complexity index is 1340. The number of carbonyl (C=O) groups excluding carboxylic acids is 2. The molecule has 0 radical (unpaired) electrons. The van der Waals surface area contributed by atoms with Crippen molar-refractivity contribution in [2.75, 3.05) is 29.9 Å². The highest BCUT2D eigenvalue weighted by Crippen LogP contribution is 2.40. The summed E-state index contributed by atoms with van der Waals surface area (Å²) < 4.78 is 0. The first-order valence-electron chi connectivity index (χ1n) is 13.9. The Balaban J connectivity index is 0.00000370. The van der Waals surface area contributed by atoms with Crippen LogP contribution >= 0.6 is 35.6 Å². The Morgan fingerprint density at radius 3 is 2.38 bits per heavy atom. The van der Waals surface area contributed by atoms with E-state index in [4.69, 9.17) is 23.2 Å². The van der Waals surface area contributed by atoms with Gasteiger partial charge in [0.2, 0.25) is 0 Å². The molecule has 2 heterocycles.